The Labute approximate surface area is 88.1 Å². The van der Waals surface area contributed by atoms with Crippen LogP contribution >= 0.6 is 0 Å². The second-order valence-corrected chi connectivity index (χ2v) is 3.81. The van der Waals surface area contributed by atoms with Crippen LogP contribution in [0, 0.1) is 11.8 Å². The van der Waals surface area contributed by atoms with Crippen molar-refractivity contribution in [2.24, 2.45) is 0 Å². The van der Waals surface area contributed by atoms with Crippen molar-refractivity contribution in [1.82, 2.24) is 10.2 Å². The van der Waals surface area contributed by atoms with E-state index in [1.807, 2.05) is 6.92 Å². The highest BCUT2D eigenvalue weighted by Gasteiger charge is 2.18. The van der Waals surface area contributed by atoms with Crippen LogP contribution in [0.3, 0.4) is 0 Å². The summed E-state index contributed by atoms with van der Waals surface area (Å²) in [5.74, 6) is 6.10. The van der Waals surface area contributed by atoms with E-state index in [1.165, 1.54) is 19.4 Å². The number of hydrogen-bond donors (Lipinski definition) is 1. The number of nitrogens with one attached hydrogen (secondary N) is 1. The van der Waals surface area contributed by atoms with Gasteiger partial charge in [0.25, 0.3) is 0 Å². The molecule has 0 saturated carbocycles. The van der Waals surface area contributed by atoms with E-state index in [0.717, 1.165) is 32.1 Å². The summed E-state index contributed by atoms with van der Waals surface area (Å²) in [7, 11) is 0. The molecule has 1 heterocycles. The van der Waals surface area contributed by atoms with Crippen molar-refractivity contribution in [3.8, 4) is 11.8 Å². The highest BCUT2D eigenvalue weighted by molar-refractivity contribution is 4.95. The number of likely N-dealkylation sites (N-methyl/N-ethyl adjacent to an activating group) is 1. The zero-order valence-electron chi connectivity index (χ0n) is 9.47. The Kier molecular flexibility index (Phi) is 5.66. The van der Waals surface area contributed by atoms with Crippen LogP contribution < -0.4 is 5.32 Å². The van der Waals surface area contributed by atoms with Crippen molar-refractivity contribution in [3.63, 3.8) is 0 Å². The van der Waals surface area contributed by atoms with Gasteiger partial charge in [-0.1, -0.05) is 6.92 Å². The van der Waals surface area contributed by atoms with E-state index in [2.05, 4.69) is 29.0 Å². The summed E-state index contributed by atoms with van der Waals surface area (Å²) >= 11 is 0. The number of nitrogens with zero attached hydrogens (tertiary/aromatic N) is 1. The first-order valence-electron chi connectivity index (χ1n) is 5.72. The van der Waals surface area contributed by atoms with Crippen LogP contribution in [0.25, 0.3) is 0 Å². The lowest BCUT2D eigenvalue weighted by Gasteiger charge is -2.33. The summed E-state index contributed by atoms with van der Waals surface area (Å²) in [5, 5.41) is 3.46. The maximum Gasteiger partial charge on any atom is 0.0221 e. The number of hydrogen-bond acceptors (Lipinski definition) is 2. The molecule has 80 valence electrons. The van der Waals surface area contributed by atoms with Gasteiger partial charge in [-0.15, -0.1) is 11.8 Å². The van der Waals surface area contributed by atoms with Gasteiger partial charge in [0.05, 0.1) is 0 Å². The second-order valence-electron chi connectivity index (χ2n) is 3.81. The number of rotatable bonds is 4. The molecular weight excluding hydrogens is 172 g/mol. The van der Waals surface area contributed by atoms with Gasteiger partial charge in [0.2, 0.25) is 0 Å². The molecule has 0 bridgehead atoms. The van der Waals surface area contributed by atoms with Crippen LogP contribution in [-0.2, 0) is 0 Å². The maximum atomic E-state index is 3.46. The summed E-state index contributed by atoms with van der Waals surface area (Å²) in [6, 6.07) is 0.743. The topological polar surface area (TPSA) is 15.3 Å². The van der Waals surface area contributed by atoms with E-state index in [9.17, 15) is 0 Å². The molecule has 1 N–H and O–H groups in total. The Balaban J connectivity index is 2.30. The Morgan fingerprint density at radius 1 is 1.50 bits per heavy atom. The van der Waals surface area contributed by atoms with Crippen molar-refractivity contribution >= 4 is 0 Å². The molecule has 1 fully saturated rings. The minimum absolute atomic E-state index is 0.743. The average Bonchev–Trinajstić information content (AvgIpc) is 2.26. The molecule has 2 heteroatoms. The van der Waals surface area contributed by atoms with Crippen LogP contribution in [0.4, 0.5) is 0 Å². The molecule has 1 aliphatic heterocycles. The Hall–Kier alpha value is -0.520. The molecule has 0 amide bonds. The first-order chi connectivity index (χ1) is 6.88. The van der Waals surface area contributed by atoms with Crippen molar-refractivity contribution in [3.05, 3.63) is 0 Å². The molecule has 1 rings (SSSR count). The van der Waals surface area contributed by atoms with Gasteiger partial charge in [0.1, 0.15) is 0 Å². The monoisotopic (exact) mass is 194 g/mol. The van der Waals surface area contributed by atoms with Crippen LogP contribution in [0.15, 0.2) is 0 Å². The predicted molar refractivity (Wildman–Crippen MR) is 61.2 cm³/mol. The van der Waals surface area contributed by atoms with Gasteiger partial charge in [-0.25, -0.2) is 0 Å². The molecule has 1 aliphatic rings. The Bertz CT molecular complexity index is 196. The smallest absolute Gasteiger partial charge is 0.0221 e. The third kappa shape index (κ3) is 3.69. The highest BCUT2D eigenvalue weighted by atomic mass is 15.2. The zero-order valence-corrected chi connectivity index (χ0v) is 9.47. The van der Waals surface area contributed by atoms with Crippen molar-refractivity contribution in [1.29, 1.82) is 0 Å². The third-order valence-electron chi connectivity index (χ3n) is 2.89. The van der Waals surface area contributed by atoms with Gasteiger partial charge in [-0.05, 0) is 32.9 Å². The largest absolute Gasteiger partial charge is 0.315 e. The zero-order chi connectivity index (χ0) is 10.2. The molecule has 0 aromatic carbocycles. The van der Waals surface area contributed by atoms with E-state index in [-0.39, 0.29) is 0 Å². The minimum atomic E-state index is 0.743. The van der Waals surface area contributed by atoms with Gasteiger partial charge in [0.15, 0.2) is 0 Å². The van der Waals surface area contributed by atoms with Crippen LogP contribution in [0.2, 0.25) is 0 Å². The Morgan fingerprint density at radius 2 is 2.36 bits per heavy atom. The van der Waals surface area contributed by atoms with E-state index < -0.39 is 0 Å². The molecule has 0 radical (unpaired) electrons. The molecular formula is C12H22N2. The fraction of sp³-hybridized carbons (Fsp3) is 0.833. The average molecular weight is 194 g/mol. The lowest BCUT2D eigenvalue weighted by molar-refractivity contribution is 0.178. The second kappa shape index (κ2) is 6.86. The Morgan fingerprint density at radius 3 is 2.93 bits per heavy atom. The molecule has 0 aliphatic carbocycles. The van der Waals surface area contributed by atoms with Crippen LogP contribution in [0.1, 0.15) is 33.1 Å². The van der Waals surface area contributed by atoms with Gasteiger partial charge in [-0.2, -0.15) is 0 Å². The molecule has 0 spiro atoms. The third-order valence-corrected chi connectivity index (χ3v) is 2.89. The lowest BCUT2D eigenvalue weighted by Crippen LogP contribution is -2.46. The highest BCUT2D eigenvalue weighted by Crippen LogP contribution is 2.10. The molecule has 14 heavy (non-hydrogen) atoms. The lowest BCUT2D eigenvalue weighted by atomic mass is 10.1. The minimum Gasteiger partial charge on any atom is -0.315 e. The fourth-order valence-corrected chi connectivity index (χ4v) is 2.07. The van der Waals surface area contributed by atoms with Crippen molar-refractivity contribution in [2.75, 3.05) is 26.2 Å². The number of piperidine rings is 1. The van der Waals surface area contributed by atoms with Crippen LogP contribution in [0.5, 0.6) is 0 Å². The molecule has 1 saturated heterocycles. The van der Waals surface area contributed by atoms with Gasteiger partial charge in [-0.3, -0.25) is 4.90 Å². The van der Waals surface area contributed by atoms with Crippen molar-refractivity contribution in [2.45, 2.75) is 39.2 Å². The standard InChI is InChI=1S/C12H22N2/c1-3-5-6-10-14(4-2)12-8-7-9-13-11-12/h12-13H,4,6-11H2,1-2H3. The van der Waals surface area contributed by atoms with Gasteiger partial charge >= 0.3 is 0 Å². The fourth-order valence-electron chi connectivity index (χ4n) is 2.07. The molecule has 0 aromatic rings. The summed E-state index contributed by atoms with van der Waals surface area (Å²) in [6.07, 6.45) is 3.68. The summed E-state index contributed by atoms with van der Waals surface area (Å²) in [6.45, 7) is 8.80. The van der Waals surface area contributed by atoms with Gasteiger partial charge < -0.3 is 5.32 Å². The molecule has 1 unspecified atom stereocenters. The SMILES string of the molecule is CC#CCCN(CC)C1CCCNC1. The van der Waals surface area contributed by atoms with E-state index in [1.54, 1.807) is 0 Å². The maximum absolute atomic E-state index is 3.46. The van der Waals surface area contributed by atoms with Crippen LogP contribution in [-0.4, -0.2) is 37.1 Å². The predicted octanol–water partition coefficient (Wildman–Crippen LogP) is 1.47. The normalized spacial score (nSPS) is 21.8. The summed E-state index contributed by atoms with van der Waals surface area (Å²) in [5.41, 5.74) is 0. The summed E-state index contributed by atoms with van der Waals surface area (Å²) in [4.78, 5) is 2.55. The molecule has 1 atom stereocenters. The first kappa shape index (κ1) is 11.6. The summed E-state index contributed by atoms with van der Waals surface area (Å²) < 4.78 is 0. The van der Waals surface area contributed by atoms with Crippen molar-refractivity contribution < 1.29 is 0 Å². The van der Waals surface area contributed by atoms with E-state index in [0.29, 0.717) is 0 Å². The van der Waals surface area contributed by atoms with Gasteiger partial charge in [0, 0.05) is 25.6 Å². The van der Waals surface area contributed by atoms with E-state index >= 15 is 0 Å². The molecule has 2 nitrogen and oxygen atoms in total. The molecule has 0 aromatic heterocycles. The first-order valence-corrected chi connectivity index (χ1v) is 5.72. The quantitative estimate of drug-likeness (QED) is 0.682. The van der Waals surface area contributed by atoms with E-state index in [4.69, 9.17) is 0 Å².